The second kappa shape index (κ2) is 10.9. The van der Waals surface area contributed by atoms with Gasteiger partial charge in [-0.25, -0.2) is 4.68 Å². The quantitative estimate of drug-likeness (QED) is 0.307. The zero-order valence-corrected chi connectivity index (χ0v) is 21.1. The zero-order chi connectivity index (χ0) is 24.9. The topological polar surface area (TPSA) is 88.9 Å². The fourth-order valence-electron chi connectivity index (χ4n) is 4.45. The predicted octanol–water partition coefficient (Wildman–Crippen LogP) is 4.32. The minimum absolute atomic E-state index is 0.151. The normalized spacial score (nSPS) is 12.4. The van der Waals surface area contributed by atoms with Crippen LogP contribution in [0.25, 0.3) is 10.9 Å². The van der Waals surface area contributed by atoms with E-state index >= 15 is 0 Å². The van der Waals surface area contributed by atoms with E-state index < -0.39 is 6.04 Å². The number of aryl methyl sites for hydroxylation is 1. The number of nitrogens with zero attached hydrogens (tertiary/aromatic N) is 5. The smallest absolute Gasteiger partial charge is 0.253 e. The first-order valence-electron chi connectivity index (χ1n) is 11.8. The number of hydrogen-bond acceptors (Lipinski definition) is 7. The summed E-state index contributed by atoms with van der Waals surface area (Å²) in [6.45, 7) is 4.25. The molecule has 1 N–H and O–H groups in total. The Morgan fingerprint density at radius 2 is 1.94 bits per heavy atom. The Kier molecular flexibility index (Phi) is 7.31. The van der Waals surface area contributed by atoms with Gasteiger partial charge in [-0.3, -0.25) is 9.69 Å². The number of tetrazole rings is 1. The van der Waals surface area contributed by atoms with Gasteiger partial charge in [0.05, 0.1) is 13.2 Å². The molecule has 5 aromatic rings. The van der Waals surface area contributed by atoms with Gasteiger partial charge in [-0.2, -0.15) is 0 Å². The summed E-state index contributed by atoms with van der Waals surface area (Å²) in [7, 11) is 1.65. The summed E-state index contributed by atoms with van der Waals surface area (Å²) in [6, 6.07) is 21.9. The van der Waals surface area contributed by atoms with Crippen LogP contribution in [-0.4, -0.2) is 43.8 Å². The largest absolute Gasteiger partial charge is 0.383 e. The van der Waals surface area contributed by atoms with Crippen molar-refractivity contribution in [1.29, 1.82) is 0 Å². The van der Waals surface area contributed by atoms with E-state index in [0.717, 1.165) is 22.0 Å². The van der Waals surface area contributed by atoms with Crippen LogP contribution in [0, 0.1) is 6.92 Å². The number of thiophene rings is 1. The van der Waals surface area contributed by atoms with Crippen molar-refractivity contribution in [2.24, 2.45) is 0 Å². The molecule has 8 nitrogen and oxygen atoms in total. The highest BCUT2D eigenvalue weighted by atomic mass is 32.1. The third kappa shape index (κ3) is 5.28. The van der Waals surface area contributed by atoms with E-state index in [9.17, 15) is 4.79 Å². The highest BCUT2D eigenvalue weighted by molar-refractivity contribution is 7.09. The number of aromatic nitrogens is 5. The highest BCUT2D eigenvalue weighted by Crippen LogP contribution is 2.31. The number of methoxy groups -OCH3 is 1. The lowest BCUT2D eigenvalue weighted by atomic mass is 10.0. The van der Waals surface area contributed by atoms with Gasteiger partial charge in [-0.15, -0.1) is 16.4 Å². The average molecular weight is 501 g/mol. The van der Waals surface area contributed by atoms with Gasteiger partial charge in [-0.1, -0.05) is 48.0 Å². The fourth-order valence-corrected chi connectivity index (χ4v) is 5.18. The molecule has 0 amide bonds. The second-order valence-corrected chi connectivity index (χ2v) is 9.80. The maximum Gasteiger partial charge on any atom is 0.253 e. The molecule has 0 spiro atoms. The van der Waals surface area contributed by atoms with Crippen molar-refractivity contribution >= 4 is 22.2 Å². The van der Waals surface area contributed by atoms with Gasteiger partial charge < -0.3 is 9.72 Å². The van der Waals surface area contributed by atoms with Gasteiger partial charge in [0, 0.05) is 36.2 Å². The lowest BCUT2D eigenvalue weighted by molar-refractivity contribution is 0.169. The molecule has 0 bridgehead atoms. The maximum atomic E-state index is 13.6. The number of rotatable bonds is 10. The van der Waals surface area contributed by atoms with E-state index in [2.05, 4.69) is 55.1 Å². The molecule has 0 saturated heterocycles. The van der Waals surface area contributed by atoms with Crippen molar-refractivity contribution in [2.45, 2.75) is 32.6 Å². The van der Waals surface area contributed by atoms with Crippen LogP contribution in [0.15, 0.2) is 76.9 Å². The van der Waals surface area contributed by atoms with Gasteiger partial charge in [0.2, 0.25) is 0 Å². The summed E-state index contributed by atoms with van der Waals surface area (Å²) in [4.78, 5) is 20.1. The minimum Gasteiger partial charge on any atom is -0.383 e. The minimum atomic E-state index is -0.479. The number of fused-ring (bicyclic) bond motifs is 1. The molecule has 184 valence electrons. The third-order valence-corrected chi connectivity index (χ3v) is 7.03. The molecule has 1 unspecified atom stereocenters. The monoisotopic (exact) mass is 500 g/mol. The van der Waals surface area contributed by atoms with Crippen LogP contribution >= 0.6 is 11.3 Å². The van der Waals surface area contributed by atoms with Crippen LogP contribution in [0.2, 0.25) is 0 Å². The van der Waals surface area contributed by atoms with Crippen molar-refractivity contribution in [3.05, 3.63) is 110 Å². The SMILES string of the molecule is COCCn1nnnc1C(c1cc2cc(C)ccc2[nH]c1=O)N(Cc1ccccc1)Cc1cccs1. The van der Waals surface area contributed by atoms with E-state index in [1.165, 1.54) is 4.88 Å². The molecule has 9 heteroatoms. The Bertz CT molecular complexity index is 1480. The number of pyridine rings is 1. The van der Waals surface area contributed by atoms with E-state index in [4.69, 9.17) is 4.74 Å². The zero-order valence-electron chi connectivity index (χ0n) is 20.3. The Labute approximate surface area is 213 Å². The van der Waals surface area contributed by atoms with Crippen molar-refractivity contribution in [3.8, 4) is 0 Å². The van der Waals surface area contributed by atoms with Gasteiger partial charge in [-0.05, 0) is 57.9 Å². The van der Waals surface area contributed by atoms with Crippen molar-refractivity contribution in [1.82, 2.24) is 30.1 Å². The Morgan fingerprint density at radius 1 is 1.08 bits per heavy atom. The predicted molar refractivity (Wildman–Crippen MR) is 141 cm³/mol. The molecule has 0 fully saturated rings. The molecule has 3 heterocycles. The first-order valence-corrected chi connectivity index (χ1v) is 12.7. The summed E-state index contributed by atoms with van der Waals surface area (Å²) in [5.74, 6) is 0.608. The maximum absolute atomic E-state index is 13.6. The molecule has 0 radical (unpaired) electrons. The average Bonchev–Trinajstić information content (AvgIpc) is 3.56. The summed E-state index contributed by atoms with van der Waals surface area (Å²) < 4.78 is 7.03. The van der Waals surface area contributed by atoms with E-state index in [1.807, 2.05) is 49.4 Å². The van der Waals surface area contributed by atoms with Gasteiger partial charge in [0.25, 0.3) is 5.56 Å². The van der Waals surface area contributed by atoms with Crippen LogP contribution in [0.4, 0.5) is 0 Å². The molecule has 2 aromatic carbocycles. The second-order valence-electron chi connectivity index (χ2n) is 8.77. The van der Waals surface area contributed by atoms with Crippen LogP contribution in [-0.2, 0) is 24.4 Å². The molecule has 0 aliphatic rings. The Balaban J connectivity index is 1.68. The van der Waals surface area contributed by atoms with Crippen molar-refractivity contribution < 1.29 is 4.74 Å². The van der Waals surface area contributed by atoms with Crippen molar-refractivity contribution in [3.63, 3.8) is 0 Å². The van der Waals surface area contributed by atoms with E-state index in [1.54, 1.807) is 23.1 Å². The van der Waals surface area contributed by atoms with Crippen LogP contribution in [0.3, 0.4) is 0 Å². The number of ether oxygens (including phenoxy) is 1. The molecule has 0 aliphatic carbocycles. The number of benzene rings is 2. The van der Waals surface area contributed by atoms with Gasteiger partial charge in [0.1, 0.15) is 6.04 Å². The van der Waals surface area contributed by atoms with Crippen LogP contribution in [0.5, 0.6) is 0 Å². The molecule has 1 atom stereocenters. The third-order valence-electron chi connectivity index (χ3n) is 6.17. The standard InChI is InChI=1S/C27H28N6O2S/c1-19-10-11-24-21(15-19)16-23(27(34)28-24)25(26-29-30-31-33(26)12-13-35-2)32(18-22-9-6-14-36-22)17-20-7-4-3-5-8-20/h3-11,14-16,25H,12-13,17-18H2,1-2H3,(H,28,34). The molecule has 0 aliphatic heterocycles. The lowest BCUT2D eigenvalue weighted by Gasteiger charge is -2.30. The number of aromatic amines is 1. The van der Waals surface area contributed by atoms with Crippen molar-refractivity contribution in [2.75, 3.05) is 13.7 Å². The van der Waals surface area contributed by atoms with Gasteiger partial charge in [0.15, 0.2) is 5.82 Å². The molecular weight excluding hydrogens is 472 g/mol. The van der Waals surface area contributed by atoms with E-state index in [-0.39, 0.29) is 5.56 Å². The number of hydrogen-bond donors (Lipinski definition) is 1. The van der Waals surface area contributed by atoms with E-state index in [0.29, 0.717) is 37.6 Å². The molecule has 36 heavy (non-hydrogen) atoms. The van der Waals surface area contributed by atoms with Crippen LogP contribution in [0.1, 0.15) is 33.4 Å². The summed E-state index contributed by atoms with van der Waals surface area (Å²) in [6.07, 6.45) is 0. The van der Waals surface area contributed by atoms with Crippen LogP contribution < -0.4 is 5.56 Å². The van der Waals surface area contributed by atoms with Gasteiger partial charge >= 0.3 is 0 Å². The first-order chi connectivity index (χ1) is 17.6. The molecular formula is C27H28N6O2S. The first kappa shape index (κ1) is 24.1. The molecule has 5 rings (SSSR count). The Morgan fingerprint density at radius 3 is 2.72 bits per heavy atom. The number of nitrogens with one attached hydrogen (secondary N) is 1. The summed E-state index contributed by atoms with van der Waals surface area (Å²) in [5.41, 5.74) is 3.53. The number of H-pyrrole nitrogens is 1. The summed E-state index contributed by atoms with van der Waals surface area (Å²) >= 11 is 1.69. The molecule has 0 saturated carbocycles. The highest BCUT2D eigenvalue weighted by Gasteiger charge is 2.31. The fraction of sp³-hybridized carbons (Fsp3) is 0.259. The lowest BCUT2D eigenvalue weighted by Crippen LogP contribution is -2.35. The Hall–Kier alpha value is -3.66. The molecule has 3 aromatic heterocycles. The summed E-state index contributed by atoms with van der Waals surface area (Å²) in [5, 5.41) is 15.7.